The fraction of sp³-hybridized carbons (Fsp3) is 0.0909. The van der Waals surface area contributed by atoms with Gasteiger partial charge in [-0.1, -0.05) is 30.3 Å². The maximum absolute atomic E-state index is 12.5. The maximum Gasteiger partial charge on any atom is 0.262 e. The number of carbonyl (C=O) groups is 1. The molecule has 0 saturated carbocycles. The van der Waals surface area contributed by atoms with Gasteiger partial charge in [0.25, 0.3) is 5.91 Å². The Balaban J connectivity index is 1.19. The van der Waals surface area contributed by atoms with E-state index in [9.17, 15) is 4.79 Å². The summed E-state index contributed by atoms with van der Waals surface area (Å²) in [5.74, 6) is 1.87. The van der Waals surface area contributed by atoms with Crippen LogP contribution < -0.4 is 25.8 Å². The molecule has 1 aliphatic heterocycles. The molecular weight excluding hydrogens is 556 g/mol. The highest BCUT2D eigenvalue weighted by Crippen LogP contribution is 2.37. The third-order valence-corrected chi connectivity index (χ3v) is 7.25. The fourth-order valence-electron chi connectivity index (χ4n) is 5.17. The summed E-state index contributed by atoms with van der Waals surface area (Å²) in [5, 5.41) is 10.9. The van der Waals surface area contributed by atoms with Crippen LogP contribution in [0.5, 0.6) is 11.5 Å². The van der Waals surface area contributed by atoms with Gasteiger partial charge in [0.1, 0.15) is 11.5 Å². The van der Waals surface area contributed by atoms with Gasteiger partial charge in [-0.3, -0.25) is 14.7 Å². The highest BCUT2D eigenvalue weighted by molar-refractivity contribution is 5.95. The third kappa shape index (κ3) is 5.18. The molecule has 6 aromatic rings. The number of guanidine groups is 1. The molecule has 3 heterocycles. The minimum absolute atomic E-state index is 0.140. The topological polar surface area (TPSA) is 134 Å². The number of aliphatic imine (C=N–C) groups is 1. The van der Waals surface area contributed by atoms with Crippen molar-refractivity contribution in [3.8, 4) is 28.4 Å². The van der Waals surface area contributed by atoms with Crippen LogP contribution in [-0.4, -0.2) is 44.9 Å². The van der Waals surface area contributed by atoms with Gasteiger partial charge in [0.2, 0.25) is 5.95 Å². The summed E-state index contributed by atoms with van der Waals surface area (Å²) in [6.45, 7) is -0.140. The van der Waals surface area contributed by atoms with Gasteiger partial charge in [0.05, 0.1) is 29.5 Å². The second-order valence-electron chi connectivity index (χ2n) is 10.1. The molecule has 44 heavy (non-hydrogen) atoms. The van der Waals surface area contributed by atoms with Crippen LogP contribution in [0.25, 0.3) is 28.0 Å². The Hall–Kier alpha value is -6.10. The number of methoxy groups -OCH3 is 1. The van der Waals surface area contributed by atoms with E-state index in [0.29, 0.717) is 23.1 Å². The van der Waals surface area contributed by atoms with Gasteiger partial charge >= 0.3 is 0 Å². The van der Waals surface area contributed by atoms with E-state index in [1.54, 1.807) is 31.4 Å². The minimum atomic E-state index is -0.510. The second kappa shape index (κ2) is 11.3. The van der Waals surface area contributed by atoms with Gasteiger partial charge in [-0.15, -0.1) is 0 Å². The van der Waals surface area contributed by atoms with Crippen LogP contribution >= 0.6 is 0 Å². The van der Waals surface area contributed by atoms with Crippen molar-refractivity contribution in [1.29, 1.82) is 0 Å². The van der Waals surface area contributed by atoms with Crippen molar-refractivity contribution in [2.45, 2.75) is 6.17 Å². The molecular formula is C33H28N8O3. The standard InChI is InChI=1S/C33H28N8O3/c1-43-24-17-13-22(14-18-24)35-29(42)20-44-25-15-11-21(12-16-25)30-26(19-40(39-30)23-7-3-2-4-8-23)31-37-32(34)38-33-36-27-9-5-6-10-28(27)41(31)33/h2-19,31H,20H2,1H3,(H,35,42)(H3,34,36,37,38). The van der Waals surface area contributed by atoms with Crippen LogP contribution in [0, 0.1) is 0 Å². The Morgan fingerprint density at radius 1 is 0.932 bits per heavy atom. The number of ether oxygens (including phenoxy) is 2. The van der Waals surface area contributed by atoms with Crippen molar-refractivity contribution in [3.05, 3.63) is 115 Å². The second-order valence-corrected chi connectivity index (χ2v) is 10.1. The molecule has 0 saturated heterocycles. The quantitative estimate of drug-likeness (QED) is 0.224. The van der Waals surface area contributed by atoms with E-state index in [-0.39, 0.29) is 18.5 Å². The molecule has 218 valence electrons. The average molecular weight is 585 g/mol. The van der Waals surface area contributed by atoms with Crippen LogP contribution in [0.4, 0.5) is 11.6 Å². The molecule has 11 heteroatoms. The van der Waals surface area contributed by atoms with Gasteiger partial charge in [-0.05, 0) is 72.8 Å². The lowest BCUT2D eigenvalue weighted by atomic mass is 10.1. The van der Waals surface area contributed by atoms with E-state index in [2.05, 4.69) is 10.6 Å². The number of hydrogen-bond acceptors (Lipinski definition) is 8. The molecule has 0 spiro atoms. The van der Waals surface area contributed by atoms with Gasteiger partial charge in [0.15, 0.2) is 18.7 Å². The smallest absolute Gasteiger partial charge is 0.262 e. The van der Waals surface area contributed by atoms with Gasteiger partial charge in [-0.25, -0.2) is 14.7 Å². The van der Waals surface area contributed by atoms with Crippen molar-refractivity contribution in [3.63, 3.8) is 0 Å². The molecule has 7 rings (SSSR count). The molecule has 4 aromatic carbocycles. The first-order valence-corrected chi connectivity index (χ1v) is 13.9. The van der Waals surface area contributed by atoms with Gasteiger partial charge < -0.3 is 20.5 Å². The number of carbonyl (C=O) groups excluding carboxylic acids is 1. The van der Waals surface area contributed by atoms with E-state index in [1.807, 2.05) is 94.3 Å². The molecule has 0 radical (unpaired) electrons. The first-order chi connectivity index (χ1) is 21.6. The Bertz CT molecular complexity index is 1980. The van der Waals surface area contributed by atoms with Gasteiger partial charge in [0, 0.05) is 23.0 Å². The van der Waals surface area contributed by atoms with E-state index in [0.717, 1.165) is 33.5 Å². The zero-order valence-electron chi connectivity index (χ0n) is 23.7. The number of amides is 1. The average Bonchev–Trinajstić information content (AvgIpc) is 3.67. The number of imidazole rings is 1. The summed E-state index contributed by atoms with van der Waals surface area (Å²) < 4.78 is 14.8. The highest BCUT2D eigenvalue weighted by Gasteiger charge is 2.29. The number of nitrogens with two attached hydrogens (primary N) is 1. The molecule has 2 aromatic heterocycles. The normalized spacial score (nSPS) is 13.9. The summed E-state index contributed by atoms with van der Waals surface area (Å²) in [5.41, 5.74) is 12.0. The summed E-state index contributed by atoms with van der Waals surface area (Å²) in [4.78, 5) is 22.0. The van der Waals surface area contributed by atoms with Crippen molar-refractivity contribution in [2.24, 2.45) is 10.7 Å². The number of rotatable bonds is 8. The Morgan fingerprint density at radius 3 is 2.43 bits per heavy atom. The lowest BCUT2D eigenvalue weighted by Crippen LogP contribution is -2.31. The lowest BCUT2D eigenvalue weighted by Gasteiger charge is -2.23. The van der Waals surface area contributed by atoms with Crippen LogP contribution in [0.3, 0.4) is 0 Å². The minimum Gasteiger partial charge on any atom is -0.497 e. The summed E-state index contributed by atoms with van der Waals surface area (Å²) in [7, 11) is 1.59. The fourth-order valence-corrected chi connectivity index (χ4v) is 5.17. The predicted octanol–water partition coefficient (Wildman–Crippen LogP) is 5.20. The van der Waals surface area contributed by atoms with E-state index in [4.69, 9.17) is 30.3 Å². The van der Waals surface area contributed by atoms with E-state index >= 15 is 0 Å². The van der Waals surface area contributed by atoms with Crippen LogP contribution in [0.15, 0.2) is 114 Å². The van der Waals surface area contributed by atoms with E-state index in [1.165, 1.54) is 0 Å². The summed E-state index contributed by atoms with van der Waals surface area (Å²) in [6.07, 6.45) is 1.47. The molecule has 0 fully saturated rings. The number of benzene rings is 4. The predicted molar refractivity (Wildman–Crippen MR) is 169 cm³/mol. The molecule has 1 atom stereocenters. The lowest BCUT2D eigenvalue weighted by molar-refractivity contribution is -0.118. The molecule has 11 nitrogen and oxygen atoms in total. The third-order valence-electron chi connectivity index (χ3n) is 7.25. The van der Waals surface area contributed by atoms with E-state index < -0.39 is 6.17 Å². The Labute approximate surface area is 252 Å². The van der Waals surface area contributed by atoms with Crippen LogP contribution in [0.2, 0.25) is 0 Å². The molecule has 0 bridgehead atoms. The zero-order chi connectivity index (χ0) is 30.0. The first kappa shape index (κ1) is 26.8. The monoisotopic (exact) mass is 584 g/mol. The molecule has 0 aliphatic carbocycles. The zero-order valence-corrected chi connectivity index (χ0v) is 23.7. The Kier molecular flexibility index (Phi) is 6.87. The van der Waals surface area contributed by atoms with Crippen molar-refractivity contribution in [2.75, 3.05) is 24.4 Å². The summed E-state index contributed by atoms with van der Waals surface area (Å²) >= 11 is 0. The van der Waals surface area contributed by atoms with Crippen molar-refractivity contribution >= 4 is 34.5 Å². The number of fused-ring (bicyclic) bond motifs is 3. The van der Waals surface area contributed by atoms with Gasteiger partial charge in [-0.2, -0.15) is 5.10 Å². The number of nitrogens with one attached hydrogen (secondary N) is 2. The number of hydrogen-bond donors (Lipinski definition) is 3. The number of nitrogens with zero attached hydrogens (tertiary/aromatic N) is 5. The van der Waals surface area contributed by atoms with Crippen molar-refractivity contribution < 1.29 is 14.3 Å². The Morgan fingerprint density at radius 2 is 1.66 bits per heavy atom. The SMILES string of the molecule is COc1ccc(NC(=O)COc2ccc(-c3nn(-c4ccccc4)cc3C3N=C(N)Nc4nc5ccccc5n43)cc2)cc1. The van der Waals surface area contributed by atoms with Crippen LogP contribution in [-0.2, 0) is 4.79 Å². The maximum atomic E-state index is 12.5. The molecule has 4 N–H and O–H groups in total. The molecule has 1 amide bonds. The first-order valence-electron chi connectivity index (χ1n) is 13.9. The number of anilines is 2. The number of para-hydroxylation sites is 3. The molecule has 1 aliphatic rings. The largest absolute Gasteiger partial charge is 0.497 e. The molecule has 1 unspecified atom stereocenters. The summed E-state index contributed by atoms with van der Waals surface area (Å²) in [6, 6.07) is 32.3. The van der Waals surface area contributed by atoms with Crippen LogP contribution in [0.1, 0.15) is 11.7 Å². The highest BCUT2D eigenvalue weighted by atomic mass is 16.5. The van der Waals surface area contributed by atoms with Crippen molar-refractivity contribution in [1.82, 2.24) is 19.3 Å². The number of aromatic nitrogens is 4.